The highest BCUT2D eigenvalue weighted by Gasteiger charge is 2.06. The van der Waals surface area contributed by atoms with Gasteiger partial charge in [-0.2, -0.15) is 0 Å². The van der Waals surface area contributed by atoms with Crippen molar-refractivity contribution in [3.05, 3.63) is 35.7 Å². The van der Waals surface area contributed by atoms with Crippen LogP contribution in [0.15, 0.2) is 45.7 Å². The minimum atomic E-state index is 0.809. The zero-order valence-corrected chi connectivity index (χ0v) is 9.91. The molecule has 15 heavy (non-hydrogen) atoms. The molecule has 1 heterocycles. The highest BCUT2D eigenvalue weighted by atomic mass is 14.9. The molecule has 80 valence electrons. The van der Waals surface area contributed by atoms with Crippen molar-refractivity contribution in [3.8, 4) is 0 Å². The Morgan fingerprint density at radius 1 is 0.867 bits per heavy atom. The lowest BCUT2D eigenvalue weighted by molar-refractivity contribution is 1.16. The van der Waals surface area contributed by atoms with E-state index in [2.05, 4.69) is 9.98 Å². The summed E-state index contributed by atoms with van der Waals surface area (Å²) in [5.74, 6) is 0. The van der Waals surface area contributed by atoms with Gasteiger partial charge in [-0.15, -0.1) is 0 Å². The van der Waals surface area contributed by atoms with Crippen LogP contribution in [0.25, 0.3) is 0 Å². The summed E-state index contributed by atoms with van der Waals surface area (Å²) in [6.45, 7) is 8.01. The molecule has 0 N–H and O–H groups in total. The van der Waals surface area contributed by atoms with Crippen molar-refractivity contribution in [3.63, 3.8) is 0 Å². The normalized spacial score (nSPS) is 18.4. The minimum Gasteiger partial charge on any atom is -0.256 e. The van der Waals surface area contributed by atoms with E-state index in [4.69, 9.17) is 0 Å². The largest absolute Gasteiger partial charge is 0.256 e. The summed E-state index contributed by atoms with van der Waals surface area (Å²) in [7, 11) is 0. The molecule has 0 saturated heterocycles. The Bertz CT molecular complexity index is 343. The van der Waals surface area contributed by atoms with Gasteiger partial charge in [-0.25, -0.2) is 0 Å². The molecule has 1 aliphatic heterocycles. The molecule has 0 fully saturated rings. The van der Waals surface area contributed by atoms with E-state index < -0.39 is 0 Å². The summed E-state index contributed by atoms with van der Waals surface area (Å²) >= 11 is 0. The molecule has 0 atom stereocenters. The molecule has 1 rings (SSSR count). The third-order valence-electron chi connectivity index (χ3n) is 2.23. The van der Waals surface area contributed by atoms with E-state index in [1.165, 1.54) is 0 Å². The molecule has 0 amide bonds. The molecule has 0 spiro atoms. The van der Waals surface area contributed by atoms with Gasteiger partial charge in [0.05, 0.1) is 11.4 Å². The second-order valence-corrected chi connectivity index (χ2v) is 3.55. The van der Waals surface area contributed by atoms with Crippen LogP contribution in [0.1, 0.15) is 34.1 Å². The van der Waals surface area contributed by atoms with Crippen LogP contribution in [-0.2, 0) is 0 Å². The fourth-order valence-electron chi connectivity index (χ4n) is 1.43. The zero-order chi connectivity index (χ0) is 11.3. The van der Waals surface area contributed by atoms with Crippen LogP contribution in [0.2, 0.25) is 0 Å². The number of allylic oxidation sites excluding steroid dienone is 6. The number of rotatable bonds is 2. The van der Waals surface area contributed by atoms with Crippen molar-refractivity contribution in [2.24, 2.45) is 9.98 Å². The molecule has 0 aromatic rings. The molecule has 0 aliphatic carbocycles. The second-order valence-electron chi connectivity index (χ2n) is 3.55. The van der Waals surface area contributed by atoms with Crippen LogP contribution in [0.3, 0.4) is 0 Å². The van der Waals surface area contributed by atoms with Gasteiger partial charge in [-0.1, -0.05) is 12.2 Å². The van der Waals surface area contributed by atoms with Gasteiger partial charge in [0.25, 0.3) is 0 Å². The van der Waals surface area contributed by atoms with Crippen LogP contribution >= 0.6 is 0 Å². The quantitative estimate of drug-likeness (QED) is 0.652. The van der Waals surface area contributed by atoms with Gasteiger partial charge in [-0.3, -0.25) is 9.98 Å². The third-order valence-corrected chi connectivity index (χ3v) is 2.23. The van der Waals surface area contributed by atoms with Crippen LogP contribution in [0, 0.1) is 0 Å². The van der Waals surface area contributed by atoms with Crippen molar-refractivity contribution < 1.29 is 0 Å². The summed E-state index contributed by atoms with van der Waals surface area (Å²) in [6, 6.07) is 0. The average molecular weight is 202 g/mol. The van der Waals surface area contributed by atoms with Crippen LogP contribution in [-0.4, -0.2) is 11.4 Å². The van der Waals surface area contributed by atoms with Crippen molar-refractivity contribution in [2.75, 3.05) is 0 Å². The third kappa shape index (κ3) is 3.31. The Labute approximate surface area is 91.8 Å². The fraction of sp³-hybridized carbons (Fsp3) is 0.385. The van der Waals surface area contributed by atoms with Gasteiger partial charge in [0.15, 0.2) is 0 Å². The lowest BCUT2D eigenvalue weighted by atomic mass is 10.1. The number of hydrogen-bond acceptors (Lipinski definition) is 2. The van der Waals surface area contributed by atoms with Gasteiger partial charge >= 0.3 is 0 Å². The molecule has 0 unspecified atom stereocenters. The van der Waals surface area contributed by atoms with Crippen molar-refractivity contribution >= 4 is 11.4 Å². The molecular formula is C13H18N2. The summed E-state index contributed by atoms with van der Waals surface area (Å²) in [4.78, 5) is 9.08. The maximum atomic E-state index is 4.54. The Morgan fingerprint density at radius 2 is 1.27 bits per heavy atom. The zero-order valence-electron chi connectivity index (χ0n) is 9.91. The monoisotopic (exact) mass is 202 g/mol. The Hall–Kier alpha value is -1.44. The van der Waals surface area contributed by atoms with Crippen LogP contribution in [0.4, 0.5) is 0 Å². The van der Waals surface area contributed by atoms with Gasteiger partial charge in [-0.05, 0) is 39.8 Å². The molecular weight excluding hydrogens is 184 g/mol. The molecule has 0 aromatic carbocycles. The van der Waals surface area contributed by atoms with Crippen molar-refractivity contribution in [1.29, 1.82) is 0 Å². The van der Waals surface area contributed by atoms with E-state index in [9.17, 15) is 0 Å². The smallest absolute Gasteiger partial charge is 0.0587 e. The molecule has 0 radical (unpaired) electrons. The first-order valence-corrected chi connectivity index (χ1v) is 5.25. The SMILES string of the molecule is CC=CC1=NC(C)=C(C)N=C(C=CC)C1. The van der Waals surface area contributed by atoms with Crippen molar-refractivity contribution in [2.45, 2.75) is 34.1 Å². The molecule has 2 nitrogen and oxygen atoms in total. The van der Waals surface area contributed by atoms with Gasteiger partial charge in [0.1, 0.15) is 0 Å². The molecule has 1 aliphatic rings. The fourth-order valence-corrected chi connectivity index (χ4v) is 1.43. The minimum absolute atomic E-state index is 0.809. The van der Waals surface area contributed by atoms with E-state index in [1.807, 2.05) is 52.0 Å². The second kappa shape index (κ2) is 5.44. The molecule has 0 saturated carbocycles. The van der Waals surface area contributed by atoms with E-state index in [0.717, 1.165) is 29.2 Å². The van der Waals surface area contributed by atoms with E-state index in [1.54, 1.807) is 0 Å². The number of hydrogen-bond donors (Lipinski definition) is 0. The first kappa shape index (κ1) is 11.6. The highest BCUT2D eigenvalue weighted by molar-refractivity contribution is 6.14. The Balaban J connectivity index is 3.10. The van der Waals surface area contributed by atoms with E-state index in [-0.39, 0.29) is 0 Å². The van der Waals surface area contributed by atoms with Crippen LogP contribution in [0.5, 0.6) is 0 Å². The topological polar surface area (TPSA) is 24.7 Å². The van der Waals surface area contributed by atoms with Gasteiger partial charge in [0, 0.05) is 17.8 Å². The lowest BCUT2D eigenvalue weighted by Crippen LogP contribution is -2.02. The van der Waals surface area contributed by atoms with Gasteiger partial charge in [0.2, 0.25) is 0 Å². The molecule has 0 aromatic heterocycles. The number of aliphatic imine (C=N–C) groups is 2. The predicted octanol–water partition coefficient (Wildman–Crippen LogP) is 3.68. The average Bonchev–Trinajstić information content (AvgIpc) is 2.29. The predicted molar refractivity (Wildman–Crippen MR) is 67.5 cm³/mol. The lowest BCUT2D eigenvalue weighted by Gasteiger charge is -1.98. The first-order chi connectivity index (χ1) is 7.17. The maximum absolute atomic E-state index is 4.54. The van der Waals surface area contributed by atoms with E-state index >= 15 is 0 Å². The molecule has 0 bridgehead atoms. The first-order valence-electron chi connectivity index (χ1n) is 5.25. The maximum Gasteiger partial charge on any atom is 0.0587 e. The highest BCUT2D eigenvalue weighted by Crippen LogP contribution is 2.14. The summed E-state index contributed by atoms with van der Waals surface area (Å²) in [5.41, 5.74) is 4.15. The van der Waals surface area contributed by atoms with E-state index in [0.29, 0.717) is 0 Å². The Morgan fingerprint density at radius 3 is 1.60 bits per heavy atom. The van der Waals surface area contributed by atoms with Crippen LogP contribution < -0.4 is 0 Å². The summed E-state index contributed by atoms with van der Waals surface area (Å²) in [5, 5.41) is 0. The molecule has 2 heteroatoms. The Kier molecular flexibility index (Phi) is 4.22. The summed E-state index contributed by atoms with van der Waals surface area (Å²) in [6.07, 6.45) is 8.92. The summed E-state index contributed by atoms with van der Waals surface area (Å²) < 4.78 is 0. The standard InChI is InChI=1S/C13H18N2/c1-5-7-12-9-13(8-6-2)15-11(4)10(3)14-12/h5-8H,9H2,1-4H3. The number of nitrogens with zero attached hydrogens (tertiary/aromatic N) is 2. The van der Waals surface area contributed by atoms with Crippen molar-refractivity contribution in [1.82, 2.24) is 0 Å². The van der Waals surface area contributed by atoms with Gasteiger partial charge < -0.3 is 0 Å².